The Hall–Kier alpha value is -4.02. The van der Waals surface area contributed by atoms with Crippen molar-refractivity contribution >= 4 is 20.9 Å². The number of aromatic nitrogens is 5. The van der Waals surface area contributed by atoms with Crippen molar-refractivity contribution in [3.63, 3.8) is 0 Å². The van der Waals surface area contributed by atoms with Gasteiger partial charge in [0.15, 0.2) is 0 Å². The van der Waals surface area contributed by atoms with Gasteiger partial charge < -0.3 is 4.57 Å². The molecular formula is C39H44N6O3S. The molecule has 9 rings (SSSR count). The molecule has 49 heavy (non-hydrogen) atoms. The predicted molar refractivity (Wildman–Crippen MR) is 190 cm³/mol. The summed E-state index contributed by atoms with van der Waals surface area (Å²) in [5.74, 6) is 1.80. The van der Waals surface area contributed by atoms with E-state index in [1.54, 1.807) is 23.0 Å². The van der Waals surface area contributed by atoms with Crippen molar-refractivity contribution in [2.24, 2.45) is 18.4 Å². The third-order valence-electron chi connectivity index (χ3n) is 11.9. The van der Waals surface area contributed by atoms with Crippen LogP contribution >= 0.6 is 0 Å². The summed E-state index contributed by atoms with van der Waals surface area (Å²) in [4.78, 5) is 17.5. The quantitative estimate of drug-likeness (QED) is 0.188. The predicted octanol–water partition coefficient (Wildman–Crippen LogP) is 6.44. The zero-order chi connectivity index (χ0) is 33.7. The van der Waals surface area contributed by atoms with Gasteiger partial charge in [-0.05, 0) is 124 Å². The Morgan fingerprint density at radius 3 is 2.45 bits per heavy atom. The highest BCUT2D eigenvalue weighted by Gasteiger charge is 2.63. The van der Waals surface area contributed by atoms with Gasteiger partial charge in [-0.3, -0.25) is 14.3 Å². The molecule has 3 saturated carbocycles. The van der Waals surface area contributed by atoms with Gasteiger partial charge in [-0.15, -0.1) is 10.2 Å². The lowest BCUT2D eigenvalue weighted by Crippen LogP contribution is -2.45. The van der Waals surface area contributed by atoms with E-state index in [2.05, 4.69) is 34.2 Å². The lowest BCUT2D eigenvalue weighted by molar-refractivity contribution is 0.145. The molecule has 0 unspecified atom stereocenters. The van der Waals surface area contributed by atoms with E-state index in [-0.39, 0.29) is 21.4 Å². The molecule has 1 atom stereocenters. The normalized spacial score (nSPS) is 21.7. The summed E-state index contributed by atoms with van der Waals surface area (Å²) in [6.07, 6.45) is 12.6. The van der Waals surface area contributed by atoms with Gasteiger partial charge in [0.1, 0.15) is 17.7 Å². The zero-order valence-electron chi connectivity index (χ0n) is 28.6. The molecule has 0 N–H and O–H groups in total. The average molecular weight is 677 g/mol. The summed E-state index contributed by atoms with van der Waals surface area (Å²) in [5, 5.41) is 9.58. The molecule has 4 fully saturated rings. The van der Waals surface area contributed by atoms with Gasteiger partial charge in [-0.2, -0.15) is 0 Å². The number of aryl methyl sites for hydroxylation is 2. The highest BCUT2D eigenvalue weighted by Crippen LogP contribution is 2.70. The monoisotopic (exact) mass is 676 g/mol. The third-order valence-corrected chi connectivity index (χ3v) is 13.6. The number of hydrogen-bond donors (Lipinski definition) is 0. The maximum Gasteiger partial charge on any atom is 0.280 e. The Labute approximate surface area is 287 Å². The van der Waals surface area contributed by atoms with Crippen LogP contribution in [0.1, 0.15) is 92.4 Å². The first-order valence-electron chi connectivity index (χ1n) is 17.9. The van der Waals surface area contributed by atoms with Crippen LogP contribution in [0.2, 0.25) is 0 Å². The number of likely N-dealkylation sites (tertiary alicyclic amines) is 1. The molecule has 1 spiro atoms. The van der Waals surface area contributed by atoms with E-state index in [1.165, 1.54) is 23.2 Å². The van der Waals surface area contributed by atoms with Crippen LogP contribution in [0.25, 0.3) is 16.6 Å². The van der Waals surface area contributed by atoms with Crippen LogP contribution in [0.3, 0.4) is 0 Å². The highest BCUT2D eigenvalue weighted by molar-refractivity contribution is 7.90. The average Bonchev–Trinajstić information content (AvgIpc) is 3.98. The molecule has 10 heteroatoms. The molecule has 0 amide bonds. The summed E-state index contributed by atoms with van der Waals surface area (Å²) in [6.45, 7) is 6.50. The largest absolute Gasteiger partial charge is 0.320 e. The molecule has 0 radical (unpaired) electrons. The van der Waals surface area contributed by atoms with Crippen LogP contribution in [-0.2, 0) is 29.0 Å². The third kappa shape index (κ3) is 5.04. The standard InChI is InChI=1S/C39H44N6O3S/c1-26-9-13-32(14-10-26)49(47,48)45-31(21-43-17-5-6-27(2)20-43)19-33-34(28-11-12-28)22-44(36(46)35(33)45)30-8-4-7-29(18-30)39(23-38(24-39)15-16-38)37-41-40-25-42(37)3/h4,7-10,13-14,18-19,22,25,27-28H,5-6,11-12,15-17,20-21,23-24H2,1-3H3/t27-/m0/s1. The highest BCUT2D eigenvalue weighted by atomic mass is 32.2. The number of rotatable bonds is 8. The van der Waals surface area contributed by atoms with Crippen molar-refractivity contribution < 1.29 is 8.42 Å². The summed E-state index contributed by atoms with van der Waals surface area (Å²) in [7, 11) is -2.08. The van der Waals surface area contributed by atoms with Crippen LogP contribution in [0.5, 0.6) is 0 Å². The van der Waals surface area contributed by atoms with Crippen LogP contribution in [-0.4, -0.2) is 49.7 Å². The maximum atomic E-state index is 14.9. The van der Waals surface area contributed by atoms with E-state index in [0.717, 1.165) is 78.8 Å². The van der Waals surface area contributed by atoms with Gasteiger partial charge in [0, 0.05) is 43.1 Å². The number of piperidine rings is 1. The van der Waals surface area contributed by atoms with E-state index < -0.39 is 10.0 Å². The summed E-state index contributed by atoms with van der Waals surface area (Å²) in [5.41, 5.74) is 4.62. The molecule has 5 aromatic rings. The van der Waals surface area contributed by atoms with Crippen molar-refractivity contribution in [2.75, 3.05) is 13.1 Å². The van der Waals surface area contributed by atoms with Crippen LogP contribution in [0, 0.1) is 18.3 Å². The Morgan fingerprint density at radius 1 is 1.00 bits per heavy atom. The molecule has 3 aliphatic carbocycles. The van der Waals surface area contributed by atoms with Crippen molar-refractivity contribution in [3.05, 3.63) is 106 Å². The van der Waals surface area contributed by atoms with Crippen molar-refractivity contribution in [3.8, 4) is 5.69 Å². The topological polar surface area (TPSA) is 95.0 Å². The SMILES string of the molecule is Cc1ccc(S(=O)(=O)n2c(CN3CCC[C@H](C)C3)cc3c(C4CC4)cn(-c4cccc(C5(c6nncn6C)CC6(CC6)C5)c4)c(=O)c32)cc1. The Balaban J connectivity index is 1.24. The molecular weight excluding hydrogens is 633 g/mol. The lowest BCUT2D eigenvalue weighted by atomic mass is 9.56. The number of benzene rings is 2. The molecule has 254 valence electrons. The molecule has 1 aliphatic heterocycles. The summed E-state index contributed by atoms with van der Waals surface area (Å²) in [6, 6.07) is 17.3. The van der Waals surface area contributed by atoms with Crippen LogP contribution < -0.4 is 5.56 Å². The van der Waals surface area contributed by atoms with Crippen molar-refractivity contribution in [1.82, 2.24) is 28.2 Å². The second-order valence-corrected chi connectivity index (χ2v) is 17.5. The van der Waals surface area contributed by atoms with Crippen molar-refractivity contribution in [1.29, 1.82) is 0 Å². The fourth-order valence-electron chi connectivity index (χ4n) is 9.04. The van der Waals surface area contributed by atoms with Gasteiger partial charge in [0.2, 0.25) is 0 Å². The number of hydrogen-bond acceptors (Lipinski definition) is 6. The van der Waals surface area contributed by atoms with Gasteiger partial charge in [0.05, 0.1) is 10.3 Å². The minimum Gasteiger partial charge on any atom is -0.320 e. The zero-order valence-corrected chi connectivity index (χ0v) is 29.4. The lowest BCUT2D eigenvalue weighted by Gasteiger charge is -2.48. The van der Waals surface area contributed by atoms with E-state index in [4.69, 9.17) is 0 Å². The van der Waals surface area contributed by atoms with Gasteiger partial charge in [0.25, 0.3) is 15.6 Å². The first kappa shape index (κ1) is 31.0. The fourth-order valence-corrected chi connectivity index (χ4v) is 10.6. The van der Waals surface area contributed by atoms with Gasteiger partial charge in [-0.25, -0.2) is 12.4 Å². The minimum absolute atomic E-state index is 0.193. The number of pyridine rings is 1. The summed E-state index contributed by atoms with van der Waals surface area (Å²) >= 11 is 0. The smallest absolute Gasteiger partial charge is 0.280 e. The molecule has 4 heterocycles. The molecule has 9 nitrogen and oxygen atoms in total. The molecule has 4 aliphatic rings. The molecule has 1 saturated heterocycles. The molecule has 2 aromatic carbocycles. The Bertz CT molecular complexity index is 2270. The Morgan fingerprint density at radius 2 is 1.78 bits per heavy atom. The van der Waals surface area contributed by atoms with Gasteiger partial charge in [-0.1, -0.05) is 36.8 Å². The molecule has 3 aromatic heterocycles. The van der Waals surface area contributed by atoms with Gasteiger partial charge >= 0.3 is 0 Å². The first-order valence-corrected chi connectivity index (χ1v) is 19.3. The summed E-state index contributed by atoms with van der Waals surface area (Å²) < 4.78 is 34.5. The van der Waals surface area contributed by atoms with E-state index in [9.17, 15) is 13.2 Å². The van der Waals surface area contributed by atoms with Crippen LogP contribution in [0.15, 0.2) is 76.8 Å². The first-order chi connectivity index (χ1) is 23.6. The Kier molecular flexibility index (Phi) is 6.95. The second-order valence-electron chi connectivity index (χ2n) is 15.7. The van der Waals surface area contributed by atoms with E-state index in [0.29, 0.717) is 29.5 Å². The van der Waals surface area contributed by atoms with E-state index >= 15 is 0 Å². The van der Waals surface area contributed by atoms with E-state index in [1.807, 2.05) is 55.1 Å². The maximum absolute atomic E-state index is 14.9. The number of nitrogens with zero attached hydrogens (tertiary/aromatic N) is 6. The number of fused-ring (bicyclic) bond motifs is 1. The minimum atomic E-state index is -4.09. The molecule has 0 bridgehead atoms. The fraction of sp³-hybridized carbons (Fsp3) is 0.462. The van der Waals surface area contributed by atoms with Crippen molar-refractivity contribution in [2.45, 2.75) is 88.0 Å². The van der Waals surface area contributed by atoms with Crippen LogP contribution in [0.4, 0.5) is 0 Å². The second kappa shape index (κ2) is 11.0.